The molecular weight excluding hydrogens is 210 g/mol. The van der Waals surface area contributed by atoms with E-state index in [0.717, 1.165) is 6.20 Å². The standard InChI is InChI=1S/C9H17N5O2/c1-13-8(12)7(9(16)14-2)5(4-10)3-6(11)15/h4,13H,3,10,12H2,1-2H3,(H2,11,15)(H,14,16)/b5-4-,8-7-. The first-order chi connectivity index (χ1) is 7.47. The van der Waals surface area contributed by atoms with Crippen LogP contribution in [0.3, 0.4) is 0 Å². The van der Waals surface area contributed by atoms with E-state index in [-0.39, 0.29) is 23.4 Å². The van der Waals surface area contributed by atoms with Crippen LogP contribution in [-0.2, 0) is 9.59 Å². The molecule has 0 saturated carbocycles. The molecule has 0 fully saturated rings. The Morgan fingerprint density at radius 3 is 2.06 bits per heavy atom. The molecule has 0 rings (SSSR count). The molecule has 0 aliphatic heterocycles. The lowest BCUT2D eigenvalue weighted by molar-refractivity contribution is -0.117. The van der Waals surface area contributed by atoms with Gasteiger partial charge in [-0.15, -0.1) is 0 Å². The average Bonchev–Trinajstić information content (AvgIpc) is 2.26. The largest absolute Gasteiger partial charge is 0.404 e. The number of primary amides is 1. The summed E-state index contributed by atoms with van der Waals surface area (Å²) in [5.41, 5.74) is 16.4. The molecule has 8 N–H and O–H groups in total. The smallest absolute Gasteiger partial charge is 0.255 e. The first-order valence-electron chi connectivity index (χ1n) is 4.56. The van der Waals surface area contributed by atoms with Gasteiger partial charge >= 0.3 is 0 Å². The summed E-state index contributed by atoms with van der Waals surface area (Å²) >= 11 is 0. The maximum absolute atomic E-state index is 11.6. The van der Waals surface area contributed by atoms with E-state index in [1.165, 1.54) is 7.05 Å². The number of hydrogen-bond acceptors (Lipinski definition) is 5. The molecule has 0 atom stereocenters. The summed E-state index contributed by atoms with van der Waals surface area (Å²) in [6, 6.07) is 0. The minimum atomic E-state index is -0.595. The van der Waals surface area contributed by atoms with Gasteiger partial charge in [0.15, 0.2) is 0 Å². The zero-order chi connectivity index (χ0) is 12.7. The van der Waals surface area contributed by atoms with Crippen molar-refractivity contribution in [2.75, 3.05) is 14.1 Å². The number of amides is 2. The molecule has 2 amide bonds. The zero-order valence-corrected chi connectivity index (χ0v) is 9.33. The third-order valence-electron chi connectivity index (χ3n) is 1.88. The molecule has 16 heavy (non-hydrogen) atoms. The fourth-order valence-electron chi connectivity index (χ4n) is 1.11. The topological polar surface area (TPSA) is 136 Å². The molecule has 0 aliphatic rings. The lowest BCUT2D eigenvalue weighted by Crippen LogP contribution is -2.30. The minimum absolute atomic E-state index is 0.117. The number of nitrogens with two attached hydrogens (primary N) is 3. The monoisotopic (exact) mass is 227 g/mol. The molecule has 0 radical (unpaired) electrons. The summed E-state index contributed by atoms with van der Waals surface area (Å²) in [7, 11) is 3.00. The number of carbonyl (C=O) groups is 2. The molecule has 0 aliphatic carbocycles. The molecule has 0 bridgehead atoms. The average molecular weight is 227 g/mol. The van der Waals surface area contributed by atoms with Crippen molar-refractivity contribution in [2.45, 2.75) is 6.42 Å². The predicted molar refractivity (Wildman–Crippen MR) is 60.4 cm³/mol. The van der Waals surface area contributed by atoms with Crippen molar-refractivity contribution in [1.29, 1.82) is 0 Å². The quantitative estimate of drug-likeness (QED) is 0.269. The van der Waals surface area contributed by atoms with Gasteiger partial charge in [0.2, 0.25) is 5.91 Å². The second-order valence-electron chi connectivity index (χ2n) is 2.95. The van der Waals surface area contributed by atoms with Crippen LogP contribution in [0.5, 0.6) is 0 Å². The van der Waals surface area contributed by atoms with E-state index < -0.39 is 11.8 Å². The summed E-state index contributed by atoms with van der Waals surface area (Å²) in [5.74, 6) is -0.913. The first-order valence-corrected chi connectivity index (χ1v) is 4.56. The highest BCUT2D eigenvalue weighted by Crippen LogP contribution is 2.14. The van der Waals surface area contributed by atoms with Crippen LogP contribution in [0.15, 0.2) is 23.2 Å². The van der Waals surface area contributed by atoms with Gasteiger partial charge in [0.1, 0.15) is 5.82 Å². The molecule has 7 nitrogen and oxygen atoms in total. The van der Waals surface area contributed by atoms with E-state index >= 15 is 0 Å². The van der Waals surface area contributed by atoms with Crippen LogP contribution in [0.4, 0.5) is 0 Å². The maximum Gasteiger partial charge on any atom is 0.255 e. The Hall–Kier alpha value is -2.18. The molecule has 0 aromatic heterocycles. The molecule has 0 aromatic carbocycles. The van der Waals surface area contributed by atoms with Crippen LogP contribution in [0, 0.1) is 0 Å². The van der Waals surface area contributed by atoms with Gasteiger partial charge in [-0.1, -0.05) is 0 Å². The Morgan fingerprint density at radius 2 is 1.75 bits per heavy atom. The SMILES string of the molecule is CNC(=O)C(/C(=C\N)CC(N)=O)=C(/N)NC. The Morgan fingerprint density at radius 1 is 1.19 bits per heavy atom. The molecule has 0 spiro atoms. The number of rotatable bonds is 5. The van der Waals surface area contributed by atoms with Gasteiger partial charge < -0.3 is 27.8 Å². The molecule has 0 aromatic rings. The third kappa shape index (κ3) is 3.52. The Bertz CT molecular complexity index is 346. The summed E-state index contributed by atoms with van der Waals surface area (Å²) in [5, 5.41) is 5.02. The Kier molecular flexibility index (Phi) is 5.47. The van der Waals surface area contributed by atoms with Crippen molar-refractivity contribution >= 4 is 11.8 Å². The zero-order valence-electron chi connectivity index (χ0n) is 9.33. The normalized spacial score (nSPS) is 12.8. The lowest BCUT2D eigenvalue weighted by atomic mass is 10.0. The first kappa shape index (κ1) is 13.8. The van der Waals surface area contributed by atoms with Crippen molar-refractivity contribution < 1.29 is 9.59 Å². The summed E-state index contributed by atoms with van der Waals surface area (Å²) in [4.78, 5) is 22.4. The van der Waals surface area contributed by atoms with Crippen molar-refractivity contribution in [3.8, 4) is 0 Å². The number of hydrogen-bond donors (Lipinski definition) is 5. The van der Waals surface area contributed by atoms with Gasteiger partial charge in [-0.3, -0.25) is 9.59 Å². The Balaban J connectivity index is 5.34. The van der Waals surface area contributed by atoms with Crippen LogP contribution >= 0.6 is 0 Å². The van der Waals surface area contributed by atoms with Gasteiger partial charge in [-0.05, 0) is 11.8 Å². The predicted octanol–water partition coefficient (Wildman–Crippen LogP) is -2.16. The highest BCUT2D eigenvalue weighted by molar-refractivity contribution is 5.99. The van der Waals surface area contributed by atoms with Gasteiger partial charge in [0.05, 0.1) is 12.0 Å². The van der Waals surface area contributed by atoms with Crippen LogP contribution in [0.2, 0.25) is 0 Å². The molecule has 0 heterocycles. The summed E-state index contributed by atoms with van der Waals surface area (Å²) < 4.78 is 0. The van der Waals surface area contributed by atoms with Crippen molar-refractivity contribution in [3.63, 3.8) is 0 Å². The van der Waals surface area contributed by atoms with Crippen LogP contribution in [0.1, 0.15) is 6.42 Å². The van der Waals surface area contributed by atoms with Crippen LogP contribution < -0.4 is 27.8 Å². The maximum atomic E-state index is 11.6. The highest BCUT2D eigenvalue weighted by Gasteiger charge is 2.18. The van der Waals surface area contributed by atoms with Crippen LogP contribution in [-0.4, -0.2) is 25.9 Å². The number of likely N-dealkylation sites (N-methyl/N-ethyl adjacent to an activating group) is 1. The molecule has 7 heteroatoms. The van der Waals surface area contributed by atoms with Crippen LogP contribution in [0.25, 0.3) is 0 Å². The lowest BCUT2D eigenvalue weighted by Gasteiger charge is -2.12. The van der Waals surface area contributed by atoms with E-state index in [1.54, 1.807) is 7.05 Å². The summed E-state index contributed by atoms with van der Waals surface area (Å²) in [6.45, 7) is 0. The second kappa shape index (κ2) is 6.33. The van der Waals surface area contributed by atoms with E-state index in [4.69, 9.17) is 17.2 Å². The second-order valence-corrected chi connectivity index (χ2v) is 2.95. The number of carbonyl (C=O) groups excluding carboxylic acids is 2. The molecular formula is C9H17N5O2. The van der Waals surface area contributed by atoms with E-state index in [0.29, 0.717) is 0 Å². The van der Waals surface area contributed by atoms with Gasteiger partial charge in [-0.2, -0.15) is 0 Å². The summed E-state index contributed by atoms with van der Waals surface area (Å²) in [6.07, 6.45) is 0.987. The molecule has 90 valence electrons. The van der Waals surface area contributed by atoms with E-state index in [2.05, 4.69) is 10.6 Å². The fraction of sp³-hybridized carbons (Fsp3) is 0.333. The van der Waals surface area contributed by atoms with E-state index in [9.17, 15) is 9.59 Å². The van der Waals surface area contributed by atoms with Gasteiger partial charge in [0, 0.05) is 14.1 Å². The van der Waals surface area contributed by atoms with Crippen molar-refractivity contribution in [1.82, 2.24) is 10.6 Å². The van der Waals surface area contributed by atoms with E-state index in [1.807, 2.05) is 0 Å². The highest BCUT2D eigenvalue weighted by atomic mass is 16.2. The Labute approximate surface area is 93.7 Å². The fourth-order valence-corrected chi connectivity index (χ4v) is 1.11. The molecule has 0 unspecified atom stereocenters. The van der Waals surface area contributed by atoms with Crippen molar-refractivity contribution in [3.05, 3.63) is 23.2 Å². The molecule has 0 saturated heterocycles. The number of nitrogens with one attached hydrogen (secondary N) is 2. The third-order valence-corrected chi connectivity index (χ3v) is 1.88. The van der Waals surface area contributed by atoms with Crippen molar-refractivity contribution in [2.24, 2.45) is 17.2 Å². The van der Waals surface area contributed by atoms with Gasteiger partial charge in [-0.25, -0.2) is 0 Å². The van der Waals surface area contributed by atoms with Gasteiger partial charge in [0.25, 0.3) is 5.91 Å². The minimum Gasteiger partial charge on any atom is -0.404 e.